The summed E-state index contributed by atoms with van der Waals surface area (Å²) in [5.74, 6) is 0.598. The number of aliphatic hydroxyl groups excluding tert-OH is 5. The summed E-state index contributed by atoms with van der Waals surface area (Å²) >= 11 is 0. The van der Waals surface area contributed by atoms with Gasteiger partial charge in [-0.3, -0.25) is 4.79 Å². The van der Waals surface area contributed by atoms with Gasteiger partial charge in [0.1, 0.15) is 24.4 Å². The zero-order chi connectivity index (χ0) is 26.1. The molecule has 12 atom stereocenters. The van der Waals surface area contributed by atoms with Crippen molar-refractivity contribution >= 4 is 5.97 Å². The molecule has 5 N–H and O–H groups in total. The summed E-state index contributed by atoms with van der Waals surface area (Å²) in [6.45, 7) is 8.02. The maximum atomic E-state index is 13.8. The number of aliphatic hydroxyl groups is 5. The second-order valence-corrected chi connectivity index (χ2v) is 13.1. The highest BCUT2D eigenvalue weighted by atomic mass is 16.7. The highest BCUT2D eigenvalue weighted by molar-refractivity contribution is 5.77. The van der Waals surface area contributed by atoms with E-state index < -0.39 is 48.7 Å². The van der Waals surface area contributed by atoms with Gasteiger partial charge in [-0.25, -0.2) is 0 Å². The van der Waals surface area contributed by atoms with Gasteiger partial charge in [-0.1, -0.05) is 19.4 Å². The summed E-state index contributed by atoms with van der Waals surface area (Å²) in [6, 6.07) is 0. The lowest BCUT2D eigenvalue weighted by Crippen LogP contribution is -2.61. The Morgan fingerprint density at radius 1 is 1.03 bits per heavy atom. The van der Waals surface area contributed by atoms with Crippen LogP contribution in [-0.4, -0.2) is 75.4 Å². The van der Waals surface area contributed by atoms with Gasteiger partial charge in [-0.05, 0) is 86.9 Å². The number of hydrogen-bond donors (Lipinski definition) is 5. The Morgan fingerprint density at radius 3 is 2.44 bits per heavy atom. The molecule has 0 radical (unpaired) electrons. The van der Waals surface area contributed by atoms with Gasteiger partial charge in [0.2, 0.25) is 6.29 Å². The van der Waals surface area contributed by atoms with E-state index in [-0.39, 0.29) is 28.8 Å². The van der Waals surface area contributed by atoms with Crippen molar-refractivity contribution in [1.29, 1.82) is 0 Å². The predicted molar refractivity (Wildman–Crippen MR) is 130 cm³/mol. The number of carbonyl (C=O) groups excluding carboxylic acids is 1. The lowest BCUT2D eigenvalue weighted by molar-refractivity contribution is -0.298. The van der Waals surface area contributed by atoms with E-state index in [0.29, 0.717) is 18.3 Å². The molecule has 5 aliphatic rings. The molecule has 0 aromatic carbocycles. The fourth-order valence-corrected chi connectivity index (χ4v) is 9.84. The third-order valence-corrected chi connectivity index (χ3v) is 11.6. The molecule has 204 valence electrons. The lowest BCUT2D eigenvalue weighted by Gasteiger charge is -2.63. The van der Waals surface area contributed by atoms with Crippen molar-refractivity contribution in [3.8, 4) is 0 Å². The minimum Gasteiger partial charge on any atom is -0.432 e. The Hall–Kier alpha value is -1.03. The van der Waals surface area contributed by atoms with Gasteiger partial charge in [0.05, 0.1) is 18.6 Å². The molecule has 0 aromatic heterocycles. The second kappa shape index (κ2) is 9.02. The fourth-order valence-electron chi connectivity index (χ4n) is 9.84. The van der Waals surface area contributed by atoms with Crippen LogP contribution < -0.4 is 0 Å². The summed E-state index contributed by atoms with van der Waals surface area (Å²) in [6.07, 6.45) is 3.60. The molecular weight excluding hydrogens is 464 g/mol. The summed E-state index contributed by atoms with van der Waals surface area (Å²) in [5.41, 5.74) is -0.838. The van der Waals surface area contributed by atoms with E-state index in [1.807, 2.05) is 13.0 Å². The third-order valence-electron chi connectivity index (χ3n) is 11.6. The van der Waals surface area contributed by atoms with E-state index >= 15 is 0 Å². The second-order valence-electron chi connectivity index (χ2n) is 13.1. The lowest BCUT2D eigenvalue weighted by atomic mass is 9.41. The molecule has 2 bridgehead atoms. The Morgan fingerprint density at radius 2 is 1.78 bits per heavy atom. The Balaban J connectivity index is 1.39. The van der Waals surface area contributed by atoms with Gasteiger partial charge < -0.3 is 35.0 Å². The SMILES string of the molecule is C=C[C@]1(CO)C[C@@]23CCC4[C@](C)(C(=O)OC5OC(CO)C(O)C(O)C5O)CCC[C@@]4(C)[C@@H]2CC[C@H]1C3. The van der Waals surface area contributed by atoms with Gasteiger partial charge in [-0.15, -0.1) is 6.58 Å². The number of ether oxygens (including phenoxy) is 2. The summed E-state index contributed by atoms with van der Waals surface area (Å²) in [7, 11) is 0. The van der Waals surface area contributed by atoms with Gasteiger partial charge in [0.25, 0.3) is 0 Å². The molecule has 8 heteroatoms. The van der Waals surface area contributed by atoms with E-state index in [9.17, 15) is 30.3 Å². The van der Waals surface area contributed by atoms with Crippen LogP contribution >= 0.6 is 0 Å². The molecule has 0 aromatic rings. The number of hydrogen-bond acceptors (Lipinski definition) is 8. The molecule has 4 aliphatic carbocycles. The van der Waals surface area contributed by atoms with Gasteiger partial charge in [0, 0.05) is 5.41 Å². The van der Waals surface area contributed by atoms with Crippen LogP contribution in [0.3, 0.4) is 0 Å². The van der Waals surface area contributed by atoms with Crippen molar-refractivity contribution in [1.82, 2.24) is 0 Å². The first kappa shape index (κ1) is 26.6. The molecule has 1 saturated heterocycles. The molecule has 5 rings (SSSR count). The molecule has 6 unspecified atom stereocenters. The van der Waals surface area contributed by atoms with Crippen molar-refractivity contribution in [3.05, 3.63) is 12.7 Å². The van der Waals surface area contributed by atoms with E-state index in [0.717, 1.165) is 51.4 Å². The average molecular weight is 509 g/mol. The van der Waals surface area contributed by atoms with E-state index in [1.165, 1.54) is 0 Å². The van der Waals surface area contributed by atoms with Crippen molar-refractivity contribution < 1.29 is 39.8 Å². The molecule has 4 saturated carbocycles. The van der Waals surface area contributed by atoms with Crippen LogP contribution in [0.2, 0.25) is 0 Å². The van der Waals surface area contributed by atoms with Gasteiger partial charge in [-0.2, -0.15) is 0 Å². The molecular formula is C28H44O8. The Bertz CT molecular complexity index is 878. The zero-order valence-electron chi connectivity index (χ0n) is 21.6. The quantitative estimate of drug-likeness (QED) is 0.281. The zero-order valence-corrected chi connectivity index (χ0v) is 21.6. The minimum absolute atomic E-state index is 0.0443. The number of esters is 1. The molecule has 1 heterocycles. The van der Waals surface area contributed by atoms with Crippen molar-refractivity contribution in [2.24, 2.45) is 39.4 Å². The summed E-state index contributed by atoms with van der Waals surface area (Å²) in [4.78, 5) is 13.8. The average Bonchev–Trinajstić information content (AvgIpc) is 3.10. The van der Waals surface area contributed by atoms with Crippen LogP contribution in [0.1, 0.15) is 71.6 Å². The summed E-state index contributed by atoms with van der Waals surface area (Å²) < 4.78 is 11.2. The number of rotatable bonds is 5. The van der Waals surface area contributed by atoms with Gasteiger partial charge in [0.15, 0.2) is 0 Å². The Labute approximate surface area is 213 Å². The number of fused-ring (bicyclic) bond motifs is 3. The van der Waals surface area contributed by atoms with Crippen molar-refractivity contribution in [2.75, 3.05) is 13.2 Å². The third kappa shape index (κ3) is 3.58. The van der Waals surface area contributed by atoms with E-state index in [2.05, 4.69) is 13.5 Å². The molecule has 0 amide bonds. The first-order valence-electron chi connectivity index (χ1n) is 13.8. The molecule has 1 aliphatic heterocycles. The topological polar surface area (TPSA) is 137 Å². The first-order chi connectivity index (χ1) is 17.0. The largest absolute Gasteiger partial charge is 0.432 e. The van der Waals surface area contributed by atoms with Crippen molar-refractivity contribution in [2.45, 2.75) is 102 Å². The summed E-state index contributed by atoms with van der Waals surface area (Å²) in [5, 5.41) is 50.5. The monoisotopic (exact) mass is 508 g/mol. The maximum Gasteiger partial charge on any atom is 0.314 e. The van der Waals surface area contributed by atoms with Crippen LogP contribution in [-0.2, 0) is 14.3 Å². The van der Waals surface area contributed by atoms with Crippen LogP contribution in [0.25, 0.3) is 0 Å². The molecule has 1 spiro atoms. The molecule has 8 nitrogen and oxygen atoms in total. The van der Waals surface area contributed by atoms with Crippen LogP contribution in [0.15, 0.2) is 12.7 Å². The minimum atomic E-state index is -1.60. The highest BCUT2D eigenvalue weighted by Crippen LogP contribution is 2.74. The fraction of sp³-hybridized carbons (Fsp3) is 0.893. The normalized spacial score (nSPS) is 54.3. The molecule has 36 heavy (non-hydrogen) atoms. The standard InChI is InChI=1S/C28H44O8/c1-4-27(15-30)14-28-11-8-18-25(2,19(28)7-6-16(27)12-28)9-5-10-26(18,3)24(34)36-23-22(33)21(32)20(31)17(13-29)35-23/h4,16-23,29-33H,1,5-15H2,2-3H3/t16-,17?,18?,19-,20?,21?,22?,23?,25+,26+,27+,28-/m0/s1. The predicted octanol–water partition coefficient (Wildman–Crippen LogP) is 1.91. The van der Waals surface area contributed by atoms with Crippen LogP contribution in [0.5, 0.6) is 0 Å². The van der Waals surface area contributed by atoms with Crippen LogP contribution in [0, 0.1) is 39.4 Å². The smallest absolute Gasteiger partial charge is 0.314 e. The van der Waals surface area contributed by atoms with Crippen LogP contribution in [0.4, 0.5) is 0 Å². The van der Waals surface area contributed by atoms with Gasteiger partial charge >= 0.3 is 5.97 Å². The van der Waals surface area contributed by atoms with E-state index in [1.54, 1.807) is 0 Å². The first-order valence-corrected chi connectivity index (χ1v) is 13.8. The number of carbonyl (C=O) groups is 1. The highest BCUT2D eigenvalue weighted by Gasteiger charge is 2.68. The van der Waals surface area contributed by atoms with Crippen molar-refractivity contribution in [3.63, 3.8) is 0 Å². The van der Waals surface area contributed by atoms with E-state index in [4.69, 9.17) is 9.47 Å². The maximum absolute atomic E-state index is 13.8. The Kier molecular flexibility index (Phi) is 6.66. The molecule has 5 fully saturated rings.